The van der Waals surface area contributed by atoms with E-state index in [1.54, 1.807) is 17.8 Å². The van der Waals surface area contributed by atoms with Crippen molar-refractivity contribution in [1.29, 1.82) is 0 Å². The van der Waals surface area contributed by atoms with Crippen molar-refractivity contribution in [1.82, 2.24) is 15.3 Å². The van der Waals surface area contributed by atoms with E-state index in [1.165, 1.54) is 12.1 Å². The molecule has 1 aliphatic carbocycles. The maximum absolute atomic E-state index is 14.9. The number of alkyl halides is 2. The number of aromatic nitrogens is 2. The number of rotatable bonds is 6. The summed E-state index contributed by atoms with van der Waals surface area (Å²) >= 11 is 1.62. The molecule has 1 amide bonds. The van der Waals surface area contributed by atoms with Crippen LogP contribution in [0.5, 0.6) is 5.88 Å². The quantitative estimate of drug-likeness (QED) is 0.618. The standard InChI is InChI=1S/C20H22F3N5O2S/c21-14-4-3-12(6-13(14)20-5-1-2-11(20)10-31-19(24)28-20)27-18(29)15-7-26-17(8-25-15)30-9-16(22)23/h3-4,6-8,11,16,19,28H,1-2,5,9-10,24H2,(H,27,29)/t11-,19?,20-/m0/s1. The molecule has 4 N–H and O–H groups in total. The lowest BCUT2D eigenvalue weighted by atomic mass is 9.80. The number of carbonyl (C=O) groups excluding carboxylic acids is 1. The summed E-state index contributed by atoms with van der Waals surface area (Å²) in [6.45, 7) is -0.808. The molecule has 2 aromatic rings. The first-order chi connectivity index (χ1) is 14.9. The smallest absolute Gasteiger partial charge is 0.275 e. The van der Waals surface area contributed by atoms with Crippen LogP contribution in [0.4, 0.5) is 18.9 Å². The van der Waals surface area contributed by atoms with Crippen LogP contribution in [-0.4, -0.2) is 40.2 Å². The second-order valence-electron chi connectivity index (χ2n) is 7.55. The van der Waals surface area contributed by atoms with Crippen LogP contribution in [0.15, 0.2) is 30.6 Å². The zero-order chi connectivity index (χ0) is 22.0. The van der Waals surface area contributed by atoms with Crippen LogP contribution in [0.1, 0.15) is 35.3 Å². The summed E-state index contributed by atoms with van der Waals surface area (Å²) in [7, 11) is 0. The zero-order valence-electron chi connectivity index (χ0n) is 16.5. The summed E-state index contributed by atoms with van der Waals surface area (Å²) in [4.78, 5) is 20.2. The topological polar surface area (TPSA) is 102 Å². The predicted octanol–water partition coefficient (Wildman–Crippen LogP) is 3.09. The van der Waals surface area contributed by atoms with Crippen molar-refractivity contribution in [2.75, 3.05) is 17.7 Å². The van der Waals surface area contributed by atoms with Crippen LogP contribution in [0.25, 0.3) is 0 Å². The molecular weight excluding hydrogens is 431 g/mol. The van der Waals surface area contributed by atoms with Gasteiger partial charge in [0, 0.05) is 17.0 Å². The van der Waals surface area contributed by atoms with Gasteiger partial charge in [-0.2, -0.15) is 0 Å². The van der Waals surface area contributed by atoms with Crippen molar-refractivity contribution in [2.24, 2.45) is 11.7 Å². The molecular formula is C20H22F3N5O2S. The summed E-state index contributed by atoms with van der Waals surface area (Å²) in [6.07, 6.45) is 2.31. The Morgan fingerprint density at radius 2 is 2.23 bits per heavy atom. The Hall–Kier alpha value is -2.37. The van der Waals surface area contributed by atoms with Gasteiger partial charge in [0.2, 0.25) is 5.88 Å². The Morgan fingerprint density at radius 1 is 1.39 bits per heavy atom. The van der Waals surface area contributed by atoms with Crippen LogP contribution in [0.3, 0.4) is 0 Å². The van der Waals surface area contributed by atoms with E-state index in [-0.39, 0.29) is 28.8 Å². The number of fused-ring (bicyclic) bond motifs is 1. The summed E-state index contributed by atoms with van der Waals surface area (Å²) < 4.78 is 44.0. The first kappa shape index (κ1) is 21.8. The van der Waals surface area contributed by atoms with E-state index in [9.17, 15) is 18.0 Å². The zero-order valence-corrected chi connectivity index (χ0v) is 17.3. The number of benzene rings is 1. The minimum atomic E-state index is -2.64. The van der Waals surface area contributed by atoms with Gasteiger partial charge >= 0.3 is 0 Å². The third kappa shape index (κ3) is 4.63. The van der Waals surface area contributed by atoms with E-state index in [1.807, 2.05) is 0 Å². The van der Waals surface area contributed by atoms with E-state index in [0.717, 1.165) is 37.4 Å². The van der Waals surface area contributed by atoms with Gasteiger partial charge in [0.15, 0.2) is 6.61 Å². The molecule has 3 atom stereocenters. The second kappa shape index (κ2) is 9.01. The fraction of sp³-hybridized carbons (Fsp3) is 0.450. The lowest BCUT2D eigenvalue weighted by molar-refractivity contribution is 0.0792. The highest BCUT2D eigenvalue weighted by atomic mass is 32.2. The van der Waals surface area contributed by atoms with E-state index in [2.05, 4.69) is 20.6 Å². The third-order valence-corrected chi connectivity index (χ3v) is 6.69. The predicted molar refractivity (Wildman–Crippen MR) is 110 cm³/mol. The van der Waals surface area contributed by atoms with Gasteiger partial charge in [0.25, 0.3) is 12.3 Å². The van der Waals surface area contributed by atoms with Crippen LogP contribution >= 0.6 is 11.8 Å². The molecule has 0 spiro atoms. The van der Waals surface area contributed by atoms with Gasteiger partial charge in [-0.25, -0.2) is 23.1 Å². The molecule has 11 heteroatoms. The van der Waals surface area contributed by atoms with E-state index in [4.69, 9.17) is 10.5 Å². The fourth-order valence-electron chi connectivity index (χ4n) is 4.24. The highest BCUT2D eigenvalue weighted by molar-refractivity contribution is 7.99. The maximum atomic E-state index is 14.9. The lowest BCUT2D eigenvalue weighted by Gasteiger charge is -2.43. The molecule has 7 nitrogen and oxygen atoms in total. The molecule has 1 saturated heterocycles. The lowest BCUT2D eigenvalue weighted by Crippen LogP contribution is -2.57. The van der Waals surface area contributed by atoms with Crippen LogP contribution < -0.4 is 21.1 Å². The molecule has 2 aliphatic rings. The highest BCUT2D eigenvalue weighted by Gasteiger charge is 2.49. The van der Waals surface area contributed by atoms with Gasteiger partial charge in [0.05, 0.1) is 17.9 Å². The number of nitrogens with one attached hydrogen (secondary N) is 2. The van der Waals surface area contributed by atoms with Crippen molar-refractivity contribution in [2.45, 2.75) is 36.7 Å². The number of thioether (sulfide) groups is 1. The molecule has 1 aromatic heterocycles. The van der Waals surface area contributed by atoms with Gasteiger partial charge in [0.1, 0.15) is 17.0 Å². The molecule has 1 unspecified atom stereocenters. The molecule has 2 heterocycles. The van der Waals surface area contributed by atoms with Crippen molar-refractivity contribution in [3.8, 4) is 5.88 Å². The number of anilines is 1. The summed E-state index contributed by atoms with van der Waals surface area (Å²) in [6, 6.07) is 4.44. The average molecular weight is 453 g/mol. The summed E-state index contributed by atoms with van der Waals surface area (Å²) in [5, 5.41) is 6.07. The molecule has 4 rings (SSSR count). The normalized spacial score (nSPS) is 25.3. The van der Waals surface area contributed by atoms with Crippen molar-refractivity contribution >= 4 is 23.4 Å². The molecule has 0 bridgehead atoms. The van der Waals surface area contributed by atoms with E-state index < -0.39 is 24.5 Å². The second-order valence-corrected chi connectivity index (χ2v) is 8.72. The van der Waals surface area contributed by atoms with Gasteiger partial charge in [-0.1, -0.05) is 6.42 Å². The highest BCUT2D eigenvalue weighted by Crippen LogP contribution is 2.49. The first-order valence-electron chi connectivity index (χ1n) is 9.86. The SMILES string of the molecule is NC1N[C@@]2(c3cc(NC(=O)c4cnc(OCC(F)F)cn4)ccc3F)CCC[C@H]2CS1. The Morgan fingerprint density at radius 3 is 2.97 bits per heavy atom. The Balaban J connectivity index is 1.52. The Kier molecular flexibility index (Phi) is 6.35. The largest absolute Gasteiger partial charge is 0.470 e. The summed E-state index contributed by atoms with van der Waals surface area (Å²) in [5.41, 5.74) is 6.14. The number of amides is 1. The van der Waals surface area contributed by atoms with Gasteiger partial charge in [-0.05, 0) is 37.0 Å². The monoisotopic (exact) mass is 453 g/mol. The Bertz CT molecular complexity index is 949. The first-order valence-corrected chi connectivity index (χ1v) is 10.9. The van der Waals surface area contributed by atoms with E-state index in [0.29, 0.717) is 11.3 Å². The number of nitrogens with two attached hydrogens (primary N) is 1. The molecule has 2 fully saturated rings. The van der Waals surface area contributed by atoms with E-state index >= 15 is 0 Å². The fourth-order valence-corrected chi connectivity index (χ4v) is 5.42. The third-order valence-electron chi connectivity index (χ3n) is 5.62. The molecule has 1 aromatic carbocycles. The van der Waals surface area contributed by atoms with Crippen molar-refractivity contribution in [3.05, 3.63) is 47.7 Å². The molecule has 31 heavy (non-hydrogen) atoms. The molecule has 0 radical (unpaired) electrons. The number of nitrogens with zero attached hydrogens (tertiary/aromatic N) is 2. The van der Waals surface area contributed by atoms with Crippen LogP contribution in [-0.2, 0) is 5.54 Å². The van der Waals surface area contributed by atoms with Gasteiger partial charge in [-0.3, -0.25) is 10.1 Å². The molecule has 1 saturated carbocycles. The average Bonchev–Trinajstić information content (AvgIpc) is 3.17. The minimum Gasteiger partial charge on any atom is -0.470 e. The number of hydrogen-bond donors (Lipinski definition) is 3. The van der Waals surface area contributed by atoms with Crippen molar-refractivity contribution < 1.29 is 22.7 Å². The summed E-state index contributed by atoms with van der Waals surface area (Å²) in [5.74, 6) is 0.0839. The number of carbonyl (C=O) groups is 1. The number of hydrogen-bond acceptors (Lipinski definition) is 7. The molecule has 1 aliphatic heterocycles. The van der Waals surface area contributed by atoms with Crippen LogP contribution in [0, 0.1) is 11.7 Å². The number of halogens is 3. The number of ether oxygens (including phenoxy) is 1. The minimum absolute atomic E-state index is 0.0265. The molecule has 166 valence electrons. The maximum Gasteiger partial charge on any atom is 0.275 e. The van der Waals surface area contributed by atoms with Gasteiger partial charge < -0.3 is 15.8 Å². The van der Waals surface area contributed by atoms with Crippen molar-refractivity contribution in [3.63, 3.8) is 0 Å². The Labute approximate surface area is 181 Å². The van der Waals surface area contributed by atoms with Gasteiger partial charge in [-0.15, -0.1) is 11.8 Å². The van der Waals surface area contributed by atoms with Crippen LogP contribution in [0.2, 0.25) is 0 Å².